The zero-order chi connectivity index (χ0) is 16.5. The average Bonchev–Trinajstić information content (AvgIpc) is 3.33. The largest absolute Gasteiger partial charge is 0.381 e. The molecule has 0 saturated heterocycles. The number of hydrogen-bond donors (Lipinski definition) is 2. The van der Waals surface area contributed by atoms with Gasteiger partial charge in [-0.3, -0.25) is 0 Å². The van der Waals surface area contributed by atoms with E-state index in [2.05, 4.69) is 54.6 Å². The summed E-state index contributed by atoms with van der Waals surface area (Å²) in [5.74, 6) is 1.73. The second-order valence-electron chi connectivity index (χ2n) is 6.42. The van der Waals surface area contributed by atoms with Gasteiger partial charge in [0.25, 0.3) is 0 Å². The van der Waals surface area contributed by atoms with Crippen molar-refractivity contribution in [3.63, 3.8) is 0 Å². The molecule has 0 atom stereocenters. The molecule has 1 aromatic carbocycles. The van der Waals surface area contributed by atoms with Crippen LogP contribution in [-0.4, -0.2) is 32.3 Å². The molecule has 0 bridgehead atoms. The number of hydrogen-bond acceptors (Lipinski definition) is 2. The summed E-state index contributed by atoms with van der Waals surface area (Å²) < 4.78 is 5.66. The fourth-order valence-electron chi connectivity index (χ4n) is 2.44. The van der Waals surface area contributed by atoms with E-state index in [0.717, 1.165) is 44.6 Å². The normalized spacial score (nSPS) is 14.2. The second kappa shape index (κ2) is 11.7. The minimum absolute atomic E-state index is 0. The Morgan fingerprint density at radius 1 is 1.25 bits per heavy atom. The Morgan fingerprint density at radius 2 is 2.04 bits per heavy atom. The highest BCUT2D eigenvalue weighted by Gasteiger charge is 2.20. The number of nitrogens with one attached hydrogen (secondary N) is 2. The molecule has 1 saturated carbocycles. The maximum atomic E-state index is 5.66. The Labute approximate surface area is 163 Å². The predicted octanol–water partition coefficient (Wildman–Crippen LogP) is 3.79. The quantitative estimate of drug-likeness (QED) is 0.263. The molecule has 24 heavy (non-hydrogen) atoms. The van der Waals surface area contributed by atoms with E-state index in [1.165, 1.54) is 29.5 Å². The van der Waals surface area contributed by atoms with Crippen molar-refractivity contribution in [2.75, 3.05) is 26.3 Å². The lowest BCUT2D eigenvalue weighted by Crippen LogP contribution is -2.38. The number of guanidine groups is 1. The van der Waals surface area contributed by atoms with Crippen molar-refractivity contribution in [3.05, 3.63) is 34.9 Å². The van der Waals surface area contributed by atoms with Gasteiger partial charge < -0.3 is 15.4 Å². The molecule has 1 fully saturated rings. The zero-order valence-corrected chi connectivity index (χ0v) is 17.6. The summed E-state index contributed by atoms with van der Waals surface area (Å²) in [4.78, 5) is 4.68. The molecule has 0 heterocycles. The molecule has 1 aromatic rings. The lowest BCUT2D eigenvalue weighted by atomic mass is 10.1. The number of aliphatic imine (C=N–C) groups is 1. The van der Waals surface area contributed by atoms with Crippen LogP contribution in [-0.2, 0) is 11.3 Å². The van der Waals surface area contributed by atoms with Crippen molar-refractivity contribution in [3.8, 4) is 0 Å². The fraction of sp³-hybridized carbons (Fsp3) is 0.632. The zero-order valence-electron chi connectivity index (χ0n) is 15.2. The summed E-state index contributed by atoms with van der Waals surface area (Å²) in [6.45, 7) is 10.6. The standard InChI is InChI=1S/C19H31N3O.HI/c1-4-20-19(21-10-5-11-23-14-17-7-8-17)22-13-18-9-6-15(2)12-16(18)3;/h6,9,12,17H,4-5,7-8,10-11,13-14H2,1-3H3,(H2,20,21,22);1H. The van der Waals surface area contributed by atoms with E-state index in [9.17, 15) is 0 Å². The number of halogens is 1. The lowest BCUT2D eigenvalue weighted by Gasteiger charge is -2.12. The monoisotopic (exact) mass is 445 g/mol. The van der Waals surface area contributed by atoms with Crippen LogP contribution < -0.4 is 10.6 Å². The molecule has 0 aliphatic heterocycles. The van der Waals surface area contributed by atoms with Crippen molar-refractivity contribution >= 4 is 29.9 Å². The molecule has 0 aromatic heterocycles. The molecule has 5 heteroatoms. The summed E-state index contributed by atoms with van der Waals surface area (Å²) in [6, 6.07) is 6.53. The van der Waals surface area contributed by atoms with Gasteiger partial charge >= 0.3 is 0 Å². The second-order valence-corrected chi connectivity index (χ2v) is 6.42. The first-order valence-corrected chi connectivity index (χ1v) is 8.85. The van der Waals surface area contributed by atoms with Gasteiger partial charge in [0.1, 0.15) is 0 Å². The Morgan fingerprint density at radius 3 is 2.71 bits per heavy atom. The number of aryl methyl sites for hydroxylation is 2. The van der Waals surface area contributed by atoms with Crippen LogP contribution in [0.25, 0.3) is 0 Å². The Bertz CT molecular complexity index is 515. The van der Waals surface area contributed by atoms with E-state index in [1.54, 1.807) is 0 Å². The summed E-state index contributed by atoms with van der Waals surface area (Å²) in [5.41, 5.74) is 3.88. The van der Waals surface area contributed by atoms with Crippen LogP contribution in [0.5, 0.6) is 0 Å². The Kier molecular flexibility index (Phi) is 10.3. The molecule has 0 unspecified atom stereocenters. The highest BCUT2D eigenvalue weighted by Crippen LogP contribution is 2.28. The van der Waals surface area contributed by atoms with Gasteiger partial charge in [0.2, 0.25) is 0 Å². The topological polar surface area (TPSA) is 45.7 Å². The number of ether oxygens (including phenoxy) is 1. The van der Waals surface area contributed by atoms with Gasteiger partial charge in [-0.05, 0) is 57.1 Å². The van der Waals surface area contributed by atoms with E-state index in [1.807, 2.05) is 0 Å². The highest BCUT2D eigenvalue weighted by molar-refractivity contribution is 14.0. The van der Waals surface area contributed by atoms with Crippen molar-refractivity contribution < 1.29 is 4.74 Å². The van der Waals surface area contributed by atoms with Crippen molar-refractivity contribution in [2.45, 2.75) is 46.6 Å². The van der Waals surface area contributed by atoms with Crippen LogP contribution in [0.4, 0.5) is 0 Å². The molecule has 0 amide bonds. The number of rotatable bonds is 9. The van der Waals surface area contributed by atoms with Crippen molar-refractivity contribution in [1.82, 2.24) is 10.6 Å². The van der Waals surface area contributed by atoms with Gasteiger partial charge in [0, 0.05) is 26.3 Å². The van der Waals surface area contributed by atoms with E-state index in [0.29, 0.717) is 6.54 Å². The third-order valence-electron chi connectivity index (χ3n) is 4.06. The van der Waals surface area contributed by atoms with Crippen LogP contribution in [0, 0.1) is 19.8 Å². The lowest BCUT2D eigenvalue weighted by molar-refractivity contribution is 0.123. The Hall–Kier alpha value is -0.820. The molecule has 2 rings (SSSR count). The van der Waals surface area contributed by atoms with Crippen molar-refractivity contribution in [1.29, 1.82) is 0 Å². The number of benzene rings is 1. The first-order valence-electron chi connectivity index (χ1n) is 8.85. The average molecular weight is 445 g/mol. The van der Waals surface area contributed by atoms with E-state index in [-0.39, 0.29) is 24.0 Å². The predicted molar refractivity (Wildman–Crippen MR) is 112 cm³/mol. The molecule has 2 N–H and O–H groups in total. The summed E-state index contributed by atoms with van der Waals surface area (Å²) in [5, 5.41) is 6.69. The van der Waals surface area contributed by atoms with Gasteiger partial charge in [-0.1, -0.05) is 23.8 Å². The van der Waals surface area contributed by atoms with Gasteiger partial charge in [-0.15, -0.1) is 24.0 Å². The molecule has 136 valence electrons. The SMILES string of the molecule is CCNC(=NCc1ccc(C)cc1C)NCCCOCC1CC1.I. The van der Waals surface area contributed by atoms with E-state index >= 15 is 0 Å². The van der Waals surface area contributed by atoms with Crippen LogP contribution in [0.1, 0.15) is 42.9 Å². The van der Waals surface area contributed by atoms with Crippen molar-refractivity contribution in [2.24, 2.45) is 10.9 Å². The molecule has 1 aliphatic rings. The minimum Gasteiger partial charge on any atom is -0.381 e. The molecular formula is C19H32IN3O. The third-order valence-corrected chi connectivity index (χ3v) is 4.06. The first kappa shape index (κ1) is 21.2. The summed E-state index contributed by atoms with van der Waals surface area (Å²) in [7, 11) is 0. The number of nitrogens with zero attached hydrogens (tertiary/aromatic N) is 1. The molecule has 0 radical (unpaired) electrons. The van der Waals surface area contributed by atoms with Gasteiger partial charge in [-0.2, -0.15) is 0 Å². The highest BCUT2D eigenvalue weighted by atomic mass is 127. The Balaban J connectivity index is 0.00000288. The summed E-state index contributed by atoms with van der Waals surface area (Å²) in [6.07, 6.45) is 3.72. The summed E-state index contributed by atoms with van der Waals surface area (Å²) >= 11 is 0. The molecule has 4 nitrogen and oxygen atoms in total. The third kappa shape index (κ3) is 8.33. The van der Waals surface area contributed by atoms with Gasteiger partial charge in [0.15, 0.2) is 5.96 Å². The van der Waals surface area contributed by atoms with Crippen LogP contribution in [0.15, 0.2) is 23.2 Å². The van der Waals surface area contributed by atoms with Gasteiger partial charge in [0.05, 0.1) is 6.54 Å². The fourth-order valence-corrected chi connectivity index (χ4v) is 2.44. The smallest absolute Gasteiger partial charge is 0.191 e. The maximum absolute atomic E-state index is 5.66. The van der Waals surface area contributed by atoms with Gasteiger partial charge in [-0.25, -0.2) is 4.99 Å². The van der Waals surface area contributed by atoms with Crippen LogP contribution in [0.2, 0.25) is 0 Å². The minimum atomic E-state index is 0. The van der Waals surface area contributed by atoms with E-state index in [4.69, 9.17) is 4.74 Å². The molecule has 0 spiro atoms. The van der Waals surface area contributed by atoms with Crippen LogP contribution >= 0.6 is 24.0 Å². The first-order chi connectivity index (χ1) is 11.2. The van der Waals surface area contributed by atoms with E-state index < -0.39 is 0 Å². The van der Waals surface area contributed by atoms with Crippen LogP contribution in [0.3, 0.4) is 0 Å². The molecule has 1 aliphatic carbocycles. The maximum Gasteiger partial charge on any atom is 0.191 e. The molecular weight excluding hydrogens is 413 g/mol.